The van der Waals surface area contributed by atoms with Crippen LogP contribution in [0.4, 0.5) is 0 Å². The Balaban J connectivity index is 1.62. The monoisotopic (exact) mass is 310 g/mol. The van der Waals surface area contributed by atoms with E-state index in [0.29, 0.717) is 23.8 Å². The molecule has 0 amide bonds. The molecule has 1 aromatic heterocycles. The molecule has 3 aliphatic rings. The number of tetrazole rings is 1. The third-order valence-electron chi connectivity index (χ3n) is 4.67. The van der Waals surface area contributed by atoms with Gasteiger partial charge in [-0.05, 0) is 35.5 Å². The van der Waals surface area contributed by atoms with E-state index in [2.05, 4.69) is 10.4 Å². The van der Waals surface area contributed by atoms with E-state index < -0.39 is 6.29 Å². The smallest absolute Gasteiger partial charge is 0.218 e. The van der Waals surface area contributed by atoms with E-state index in [9.17, 15) is 4.79 Å². The highest BCUT2D eigenvalue weighted by atomic mass is 32.1. The lowest BCUT2D eigenvalue weighted by Gasteiger charge is -2.26. The molecule has 0 N–H and O–H groups in total. The second kappa shape index (κ2) is 5.26. The van der Waals surface area contributed by atoms with E-state index in [-0.39, 0.29) is 17.9 Å². The van der Waals surface area contributed by atoms with Crippen molar-refractivity contribution < 1.29 is 14.3 Å². The van der Waals surface area contributed by atoms with Gasteiger partial charge in [0.15, 0.2) is 5.78 Å². The molecule has 2 bridgehead atoms. The molecule has 8 heteroatoms. The Bertz CT molecular complexity index is 607. The van der Waals surface area contributed by atoms with Gasteiger partial charge >= 0.3 is 0 Å². The van der Waals surface area contributed by atoms with E-state index in [1.807, 2.05) is 4.68 Å². The quantitative estimate of drug-likeness (QED) is 0.772. The maximum Gasteiger partial charge on any atom is 0.218 e. The van der Waals surface area contributed by atoms with Crippen LogP contribution >= 0.6 is 12.2 Å². The van der Waals surface area contributed by atoms with Crippen molar-refractivity contribution in [1.29, 1.82) is 0 Å². The van der Waals surface area contributed by atoms with Gasteiger partial charge in [-0.25, -0.2) is 9.36 Å². The zero-order chi connectivity index (χ0) is 14.4. The summed E-state index contributed by atoms with van der Waals surface area (Å²) in [6.45, 7) is 0.416. The number of fused-ring (bicyclic) bond motifs is 2. The zero-order valence-corrected chi connectivity index (χ0v) is 12.5. The summed E-state index contributed by atoms with van der Waals surface area (Å²) >= 11 is 5.53. The first-order chi connectivity index (χ1) is 10.2. The van der Waals surface area contributed by atoms with Crippen LogP contribution < -0.4 is 0 Å². The van der Waals surface area contributed by atoms with Crippen LogP contribution in [0, 0.1) is 4.77 Å². The van der Waals surface area contributed by atoms with E-state index in [1.165, 1.54) is 19.3 Å². The van der Waals surface area contributed by atoms with E-state index >= 15 is 0 Å². The Morgan fingerprint density at radius 3 is 2.71 bits per heavy atom. The average Bonchev–Trinajstić information content (AvgIpc) is 3.10. The van der Waals surface area contributed by atoms with Gasteiger partial charge in [-0.2, -0.15) is 0 Å². The first-order valence-corrected chi connectivity index (χ1v) is 7.98. The third-order valence-corrected chi connectivity index (χ3v) is 5.05. The molecular weight excluding hydrogens is 292 g/mol. The maximum absolute atomic E-state index is 11.9. The number of nitrogens with zero attached hydrogens (tertiary/aromatic N) is 4. The molecule has 0 spiro atoms. The molecule has 1 saturated carbocycles. The highest BCUT2D eigenvalue weighted by Crippen LogP contribution is 2.33. The van der Waals surface area contributed by atoms with Crippen LogP contribution in [0.3, 0.4) is 0 Å². The van der Waals surface area contributed by atoms with Crippen molar-refractivity contribution in [2.24, 2.45) is 0 Å². The first-order valence-electron chi connectivity index (χ1n) is 7.58. The highest BCUT2D eigenvalue weighted by Gasteiger charge is 2.45. The zero-order valence-electron chi connectivity index (χ0n) is 11.7. The van der Waals surface area contributed by atoms with Crippen LogP contribution in [-0.4, -0.2) is 44.6 Å². The lowest BCUT2D eigenvalue weighted by molar-refractivity contribution is -0.156. The number of aromatic nitrogens is 4. The van der Waals surface area contributed by atoms with Crippen LogP contribution in [0.25, 0.3) is 0 Å². The van der Waals surface area contributed by atoms with Gasteiger partial charge in [0.05, 0.1) is 18.7 Å². The minimum atomic E-state index is -0.686. The van der Waals surface area contributed by atoms with E-state index in [4.69, 9.17) is 21.7 Å². The number of ether oxygens (including phenoxy) is 2. The van der Waals surface area contributed by atoms with Crippen molar-refractivity contribution in [3.05, 3.63) is 4.77 Å². The number of hydrogen-bond donors (Lipinski definition) is 0. The maximum atomic E-state index is 11.9. The molecule has 4 rings (SSSR count). The minimum Gasteiger partial charge on any atom is -0.343 e. The SMILES string of the molecule is O=C1C[C@H](n2nnn(C3CCCCC3)c2=S)[C@H]2CO[C@@H]1O2. The van der Waals surface area contributed by atoms with E-state index in [1.54, 1.807) is 4.68 Å². The molecule has 3 heterocycles. The predicted octanol–water partition coefficient (Wildman–Crippen LogP) is 1.57. The van der Waals surface area contributed by atoms with Gasteiger partial charge in [0, 0.05) is 6.42 Å². The Kier molecular flexibility index (Phi) is 3.39. The molecule has 0 unspecified atom stereocenters. The normalized spacial score (nSPS) is 33.5. The van der Waals surface area contributed by atoms with Crippen LogP contribution in [0.5, 0.6) is 0 Å². The largest absolute Gasteiger partial charge is 0.343 e. The lowest BCUT2D eigenvalue weighted by Crippen LogP contribution is -2.37. The summed E-state index contributed by atoms with van der Waals surface area (Å²) in [7, 11) is 0. The molecule has 3 atom stereocenters. The van der Waals surface area contributed by atoms with Crippen molar-refractivity contribution in [3.63, 3.8) is 0 Å². The Hall–Kier alpha value is -1.12. The van der Waals surface area contributed by atoms with Gasteiger partial charge in [-0.3, -0.25) is 4.79 Å². The molecule has 1 aliphatic carbocycles. The number of carbonyl (C=O) groups excluding carboxylic acids is 1. The summed E-state index contributed by atoms with van der Waals surface area (Å²) in [6.07, 6.45) is 5.41. The van der Waals surface area contributed by atoms with Gasteiger partial charge in [-0.1, -0.05) is 19.3 Å². The Labute approximate surface area is 127 Å². The molecule has 2 saturated heterocycles. The molecule has 114 valence electrons. The summed E-state index contributed by atoms with van der Waals surface area (Å²) in [5.74, 6) is -0.0390. The second-order valence-electron chi connectivity index (χ2n) is 6.02. The summed E-state index contributed by atoms with van der Waals surface area (Å²) < 4.78 is 15.0. The van der Waals surface area contributed by atoms with Gasteiger partial charge in [0.1, 0.15) is 6.10 Å². The fourth-order valence-corrected chi connectivity index (χ4v) is 3.86. The average molecular weight is 310 g/mol. The molecule has 3 fully saturated rings. The number of rotatable bonds is 2. The van der Waals surface area contributed by atoms with Crippen LogP contribution in [0.1, 0.15) is 50.6 Å². The second-order valence-corrected chi connectivity index (χ2v) is 6.39. The number of ketones is 1. The molecule has 21 heavy (non-hydrogen) atoms. The lowest BCUT2D eigenvalue weighted by atomic mass is 9.96. The van der Waals surface area contributed by atoms with Crippen molar-refractivity contribution in [2.45, 2.75) is 63.0 Å². The topological polar surface area (TPSA) is 71.2 Å². The molecule has 7 nitrogen and oxygen atoms in total. The predicted molar refractivity (Wildman–Crippen MR) is 74.2 cm³/mol. The fraction of sp³-hybridized carbons (Fsp3) is 0.846. The molecule has 2 aliphatic heterocycles. The highest BCUT2D eigenvalue weighted by molar-refractivity contribution is 7.71. The standard InChI is InChI=1S/C13H18N4O3S/c18-10-6-9(11-7-19-12(10)20-11)17-13(21)16(14-15-17)8-4-2-1-3-5-8/h8-9,11-12H,1-7H2/t9-,11+,12+/m0/s1. The van der Waals surface area contributed by atoms with Crippen LogP contribution in [0.2, 0.25) is 0 Å². The van der Waals surface area contributed by atoms with Crippen molar-refractivity contribution in [2.75, 3.05) is 6.61 Å². The number of carbonyl (C=O) groups is 1. The van der Waals surface area contributed by atoms with Crippen molar-refractivity contribution >= 4 is 18.0 Å². The molecular formula is C13H18N4O3S. The first kappa shape index (κ1) is 13.5. The van der Waals surface area contributed by atoms with Gasteiger partial charge in [0.2, 0.25) is 11.1 Å². The van der Waals surface area contributed by atoms with Crippen molar-refractivity contribution in [3.8, 4) is 0 Å². The minimum absolute atomic E-state index is 0.0390. The van der Waals surface area contributed by atoms with Crippen LogP contribution in [-0.2, 0) is 14.3 Å². The van der Waals surface area contributed by atoms with Crippen LogP contribution in [0.15, 0.2) is 0 Å². The fourth-order valence-electron chi connectivity index (χ4n) is 3.50. The van der Waals surface area contributed by atoms with E-state index in [0.717, 1.165) is 12.8 Å². The summed E-state index contributed by atoms with van der Waals surface area (Å²) in [5.41, 5.74) is 0. The van der Waals surface area contributed by atoms with Gasteiger partial charge in [-0.15, -0.1) is 0 Å². The number of hydrogen-bond acceptors (Lipinski definition) is 6. The summed E-state index contributed by atoms with van der Waals surface area (Å²) in [5, 5.41) is 8.44. The molecule has 0 aromatic carbocycles. The van der Waals surface area contributed by atoms with Crippen molar-refractivity contribution in [1.82, 2.24) is 19.8 Å². The summed E-state index contributed by atoms with van der Waals surface area (Å²) in [6, 6.07) is 0.147. The summed E-state index contributed by atoms with van der Waals surface area (Å²) in [4.78, 5) is 11.9. The van der Waals surface area contributed by atoms with Gasteiger partial charge in [0.25, 0.3) is 0 Å². The Morgan fingerprint density at radius 2 is 1.90 bits per heavy atom. The Morgan fingerprint density at radius 1 is 1.14 bits per heavy atom. The molecule has 1 aromatic rings. The number of Topliss-reactive ketones (excluding diaryl/α,β-unsaturated/α-hetero) is 1. The third kappa shape index (κ3) is 2.25. The van der Waals surface area contributed by atoms with Gasteiger partial charge < -0.3 is 9.47 Å². The molecule has 0 radical (unpaired) electrons.